The van der Waals surface area contributed by atoms with E-state index in [2.05, 4.69) is 15.6 Å². The van der Waals surface area contributed by atoms with Gasteiger partial charge < -0.3 is 10.6 Å². The first-order valence-corrected chi connectivity index (χ1v) is 7.97. The van der Waals surface area contributed by atoms with Crippen molar-refractivity contribution in [3.05, 3.63) is 90.0 Å². The molecule has 1 aromatic heterocycles. The highest BCUT2D eigenvalue weighted by Gasteiger charge is 2.04. The number of halogens is 1. The maximum Gasteiger partial charge on any atom is 0.228 e. The van der Waals surface area contributed by atoms with Gasteiger partial charge >= 0.3 is 0 Å². The molecule has 0 aliphatic carbocycles. The Kier molecular flexibility index (Phi) is 5.36. The Morgan fingerprint density at radius 1 is 0.920 bits per heavy atom. The Morgan fingerprint density at radius 2 is 1.64 bits per heavy atom. The lowest BCUT2D eigenvalue weighted by molar-refractivity contribution is -0.115. The van der Waals surface area contributed by atoms with Gasteiger partial charge in [0.25, 0.3) is 0 Å². The topological polar surface area (TPSA) is 54.0 Å². The molecule has 1 heterocycles. The van der Waals surface area contributed by atoms with Crippen LogP contribution in [-0.4, -0.2) is 10.9 Å². The average Bonchev–Trinajstić information content (AvgIpc) is 2.64. The molecule has 0 bridgehead atoms. The molecule has 0 fully saturated rings. The van der Waals surface area contributed by atoms with Gasteiger partial charge in [0.2, 0.25) is 5.91 Å². The largest absolute Gasteiger partial charge is 0.379 e. The number of amides is 1. The van der Waals surface area contributed by atoms with Gasteiger partial charge in [-0.1, -0.05) is 18.2 Å². The summed E-state index contributed by atoms with van der Waals surface area (Å²) >= 11 is 0. The van der Waals surface area contributed by atoms with E-state index in [-0.39, 0.29) is 18.1 Å². The molecule has 1 amide bonds. The third-order valence-electron chi connectivity index (χ3n) is 3.65. The molecule has 0 saturated carbocycles. The normalized spacial score (nSPS) is 10.3. The fourth-order valence-corrected chi connectivity index (χ4v) is 2.36. The van der Waals surface area contributed by atoms with E-state index in [9.17, 15) is 9.18 Å². The molecule has 3 aromatic rings. The number of aromatic nitrogens is 1. The third kappa shape index (κ3) is 5.14. The number of nitrogens with zero attached hydrogens (tertiary/aromatic N) is 1. The van der Waals surface area contributed by atoms with Crippen LogP contribution < -0.4 is 10.6 Å². The summed E-state index contributed by atoms with van der Waals surface area (Å²) in [7, 11) is 0. The van der Waals surface area contributed by atoms with E-state index in [1.807, 2.05) is 42.5 Å². The summed E-state index contributed by atoms with van der Waals surface area (Å²) in [6.07, 6.45) is 1.97. The van der Waals surface area contributed by atoms with Crippen LogP contribution in [0.2, 0.25) is 0 Å². The number of hydrogen-bond donors (Lipinski definition) is 2. The first-order valence-electron chi connectivity index (χ1n) is 7.97. The molecule has 0 atom stereocenters. The van der Waals surface area contributed by atoms with Crippen LogP contribution in [0.5, 0.6) is 0 Å². The Balaban J connectivity index is 1.51. The minimum atomic E-state index is -0.307. The van der Waals surface area contributed by atoms with Crippen molar-refractivity contribution in [2.24, 2.45) is 0 Å². The minimum Gasteiger partial charge on any atom is -0.379 e. The first-order chi connectivity index (χ1) is 12.2. The number of nitrogens with one attached hydrogen (secondary N) is 2. The van der Waals surface area contributed by atoms with Crippen molar-refractivity contribution in [2.75, 3.05) is 10.6 Å². The average molecular weight is 335 g/mol. The fourth-order valence-electron chi connectivity index (χ4n) is 2.36. The Bertz CT molecular complexity index is 818. The highest BCUT2D eigenvalue weighted by Crippen LogP contribution is 2.15. The predicted octanol–water partition coefficient (Wildman–Crippen LogP) is 4.01. The molecule has 0 aliphatic heterocycles. The summed E-state index contributed by atoms with van der Waals surface area (Å²) in [5, 5.41) is 6.11. The van der Waals surface area contributed by atoms with Crippen LogP contribution in [0.4, 0.5) is 15.8 Å². The molecule has 0 unspecified atom stereocenters. The summed E-state index contributed by atoms with van der Waals surface area (Å²) in [4.78, 5) is 16.3. The molecule has 2 N–H and O–H groups in total. The monoisotopic (exact) mass is 335 g/mol. The van der Waals surface area contributed by atoms with E-state index in [4.69, 9.17) is 0 Å². The van der Waals surface area contributed by atoms with Gasteiger partial charge in [0.05, 0.1) is 18.7 Å². The van der Waals surface area contributed by atoms with Gasteiger partial charge in [0.1, 0.15) is 5.82 Å². The van der Waals surface area contributed by atoms with Gasteiger partial charge in [-0.25, -0.2) is 4.39 Å². The minimum absolute atomic E-state index is 0.138. The van der Waals surface area contributed by atoms with Crippen LogP contribution in [0.25, 0.3) is 0 Å². The molecular formula is C20H18FN3O. The molecule has 0 spiro atoms. The predicted molar refractivity (Wildman–Crippen MR) is 96.7 cm³/mol. The zero-order chi connectivity index (χ0) is 17.5. The van der Waals surface area contributed by atoms with E-state index >= 15 is 0 Å². The van der Waals surface area contributed by atoms with Crippen molar-refractivity contribution >= 4 is 17.3 Å². The molecule has 0 radical (unpaired) electrons. The lowest BCUT2D eigenvalue weighted by Gasteiger charge is -2.08. The van der Waals surface area contributed by atoms with Crippen molar-refractivity contribution in [3.63, 3.8) is 0 Å². The second-order valence-electron chi connectivity index (χ2n) is 5.60. The SMILES string of the molecule is O=C(Cc1ccc(F)cc1)Nc1ccc(NCc2ccccn2)cc1. The molecule has 5 heteroatoms. The summed E-state index contributed by atoms with van der Waals surface area (Å²) in [5.41, 5.74) is 3.39. The summed E-state index contributed by atoms with van der Waals surface area (Å²) in [6.45, 7) is 0.636. The number of pyridine rings is 1. The lowest BCUT2D eigenvalue weighted by atomic mass is 10.1. The van der Waals surface area contributed by atoms with Crippen molar-refractivity contribution in [1.82, 2.24) is 4.98 Å². The highest BCUT2D eigenvalue weighted by molar-refractivity contribution is 5.92. The molecule has 2 aromatic carbocycles. The van der Waals surface area contributed by atoms with E-state index < -0.39 is 0 Å². The Labute approximate surface area is 145 Å². The zero-order valence-electron chi connectivity index (χ0n) is 13.6. The van der Waals surface area contributed by atoms with Crippen molar-refractivity contribution in [1.29, 1.82) is 0 Å². The lowest BCUT2D eigenvalue weighted by Crippen LogP contribution is -2.14. The van der Waals surface area contributed by atoms with E-state index in [0.29, 0.717) is 6.54 Å². The number of anilines is 2. The van der Waals surface area contributed by atoms with Crippen molar-refractivity contribution < 1.29 is 9.18 Å². The molecule has 25 heavy (non-hydrogen) atoms. The number of hydrogen-bond acceptors (Lipinski definition) is 3. The Hall–Kier alpha value is -3.21. The number of carbonyl (C=O) groups is 1. The summed E-state index contributed by atoms with van der Waals surface area (Å²) in [5.74, 6) is -0.446. The van der Waals surface area contributed by atoms with Crippen molar-refractivity contribution in [2.45, 2.75) is 13.0 Å². The van der Waals surface area contributed by atoms with Crippen LogP contribution >= 0.6 is 0 Å². The van der Waals surface area contributed by atoms with Crippen LogP contribution in [0.15, 0.2) is 72.9 Å². The van der Waals surface area contributed by atoms with Gasteiger partial charge in [0, 0.05) is 17.6 Å². The fraction of sp³-hybridized carbons (Fsp3) is 0.100. The quantitative estimate of drug-likeness (QED) is 0.715. The molecule has 3 rings (SSSR count). The summed E-state index contributed by atoms with van der Waals surface area (Å²) in [6, 6.07) is 19.2. The number of benzene rings is 2. The van der Waals surface area contributed by atoms with Gasteiger partial charge in [-0.2, -0.15) is 0 Å². The van der Waals surface area contributed by atoms with E-state index in [1.165, 1.54) is 12.1 Å². The molecule has 4 nitrogen and oxygen atoms in total. The zero-order valence-corrected chi connectivity index (χ0v) is 13.6. The Morgan fingerprint density at radius 3 is 2.32 bits per heavy atom. The highest BCUT2D eigenvalue weighted by atomic mass is 19.1. The third-order valence-corrected chi connectivity index (χ3v) is 3.65. The van der Waals surface area contributed by atoms with Gasteiger partial charge in [-0.05, 0) is 54.1 Å². The van der Waals surface area contributed by atoms with E-state index in [0.717, 1.165) is 22.6 Å². The van der Waals surface area contributed by atoms with Crippen LogP contribution in [0.3, 0.4) is 0 Å². The molecule has 0 saturated heterocycles. The van der Waals surface area contributed by atoms with Gasteiger partial charge in [-0.3, -0.25) is 9.78 Å². The molecular weight excluding hydrogens is 317 g/mol. The number of rotatable bonds is 6. The second-order valence-corrected chi connectivity index (χ2v) is 5.60. The molecule has 126 valence electrons. The van der Waals surface area contributed by atoms with Gasteiger partial charge in [-0.15, -0.1) is 0 Å². The maximum atomic E-state index is 12.9. The first kappa shape index (κ1) is 16.6. The second kappa shape index (κ2) is 8.06. The molecule has 0 aliphatic rings. The van der Waals surface area contributed by atoms with Gasteiger partial charge in [0.15, 0.2) is 0 Å². The smallest absolute Gasteiger partial charge is 0.228 e. The van der Waals surface area contributed by atoms with Crippen LogP contribution in [0.1, 0.15) is 11.3 Å². The van der Waals surface area contributed by atoms with Crippen LogP contribution in [0, 0.1) is 5.82 Å². The van der Waals surface area contributed by atoms with Crippen molar-refractivity contribution in [3.8, 4) is 0 Å². The van der Waals surface area contributed by atoms with E-state index in [1.54, 1.807) is 18.3 Å². The standard InChI is InChI=1S/C20H18FN3O/c21-16-6-4-15(5-7-16)13-20(25)24-18-10-8-17(9-11-18)23-14-19-3-1-2-12-22-19/h1-12,23H,13-14H2,(H,24,25). The summed E-state index contributed by atoms with van der Waals surface area (Å²) < 4.78 is 12.9. The maximum absolute atomic E-state index is 12.9. The number of carbonyl (C=O) groups excluding carboxylic acids is 1. The van der Waals surface area contributed by atoms with Crippen LogP contribution in [-0.2, 0) is 17.8 Å².